The van der Waals surface area contributed by atoms with E-state index in [1.165, 1.54) is 22.4 Å². The zero-order valence-corrected chi connectivity index (χ0v) is 25.4. The number of para-hydroxylation sites is 1. The van der Waals surface area contributed by atoms with E-state index in [1.54, 1.807) is 4.90 Å². The van der Waals surface area contributed by atoms with Crippen molar-refractivity contribution in [3.8, 4) is 0 Å². The Hall–Kier alpha value is -3.15. The van der Waals surface area contributed by atoms with E-state index in [4.69, 9.17) is 9.73 Å². The van der Waals surface area contributed by atoms with Gasteiger partial charge in [-0.05, 0) is 113 Å². The lowest BCUT2D eigenvalue weighted by Gasteiger charge is -2.35. The molecule has 3 aliphatic heterocycles. The van der Waals surface area contributed by atoms with Gasteiger partial charge in [-0.1, -0.05) is 43.3 Å². The summed E-state index contributed by atoms with van der Waals surface area (Å²) >= 11 is 0. The first-order valence-corrected chi connectivity index (χ1v) is 15.7. The minimum atomic E-state index is -0.527. The van der Waals surface area contributed by atoms with Crippen LogP contribution in [0.1, 0.15) is 95.2 Å². The molecule has 0 radical (unpaired) electrons. The number of hydrogen-bond acceptors (Lipinski definition) is 4. The van der Waals surface area contributed by atoms with Gasteiger partial charge in [-0.15, -0.1) is 0 Å². The maximum Gasteiger partial charge on any atom is 0.410 e. The van der Waals surface area contributed by atoms with Crippen molar-refractivity contribution >= 4 is 23.4 Å². The molecule has 0 N–H and O–H groups in total. The number of rotatable bonds is 4. The molecule has 5 rings (SSSR count). The molecule has 3 heterocycles. The highest BCUT2D eigenvalue weighted by Crippen LogP contribution is 2.34. The molecule has 0 aromatic heterocycles. The van der Waals surface area contributed by atoms with Crippen LogP contribution in [-0.4, -0.2) is 59.3 Å². The minimum absolute atomic E-state index is 0.127. The fraction of sp³-hybridized carbons (Fsp3) is 0.571. The summed E-state index contributed by atoms with van der Waals surface area (Å²) in [5.41, 5.74) is 5.72. The predicted octanol–water partition coefficient (Wildman–Crippen LogP) is 7.52. The van der Waals surface area contributed by atoms with Crippen LogP contribution in [0.2, 0.25) is 0 Å². The Morgan fingerprint density at radius 2 is 1.71 bits per heavy atom. The van der Waals surface area contributed by atoms with Gasteiger partial charge in [0.2, 0.25) is 5.91 Å². The summed E-state index contributed by atoms with van der Waals surface area (Å²) in [5.74, 6) is 1.16. The van der Waals surface area contributed by atoms with Gasteiger partial charge in [0.05, 0.1) is 11.6 Å². The van der Waals surface area contributed by atoms with Crippen molar-refractivity contribution in [3.05, 3.63) is 65.2 Å². The molecule has 41 heavy (non-hydrogen) atoms. The third kappa shape index (κ3) is 7.58. The van der Waals surface area contributed by atoms with Crippen LogP contribution in [0.4, 0.5) is 10.5 Å². The zero-order chi connectivity index (χ0) is 29.0. The van der Waals surface area contributed by atoms with E-state index >= 15 is 0 Å². The molecule has 220 valence electrons. The quantitative estimate of drug-likeness (QED) is 0.391. The normalized spacial score (nSPS) is 23.6. The van der Waals surface area contributed by atoms with Crippen molar-refractivity contribution < 1.29 is 14.3 Å². The maximum atomic E-state index is 13.5. The number of nitrogens with zero attached hydrogens (tertiary/aromatic N) is 3. The molecule has 3 atom stereocenters. The Morgan fingerprint density at radius 1 is 0.927 bits per heavy atom. The van der Waals surface area contributed by atoms with Crippen LogP contribution in [0, 0.1) is 11.8 Å². The summed E-state index contributed by atoms with van der Waals surface area (Å²) in [4.78, 5) is 35.0. The van der Waals surface area contributed by atoms with Gasteiger partial charge in [-0.25, -0.2) is 4.79 Å². The molecule has 0 bridgehead atoms. The molecule has 2 fully saturated rings. The van der Waals surface area contributed by atoms with Crippen molar-refractivity contribution in [2.24, 2.45) is 16.8 Å². The fourth-order valence-electron chi connectivity index (χ4n) is 6.66. The number of ether oxygens (including phenoxy) is 1. The summed E-state index contributed by atoms with van der Waals surface area (Å²) in [6, 6.07) is 17.5. The SMILES string of the molecule is CC1CCC(c2cccc(CC3CCCN(C(=O)[C@H]4CCCN(C(=O)OC(C)(C)C)C4)CC3)c2)=Nc2ccccc21. The predicted molar refractivity (Wildman–Crippen MR) is 165 cm³/mol. The smallest absolute Gasteiger partial charge is 0.410 e. The molecule has 2 saturated heterocycles. The first-order chi connectivity index (χ1) is 19.7. The van der Waals surface area contributed by atoms with E-state index < -0.39 is 5.60 Å². The number of piperidine rings is 1. The molecule has 6 heteroatoms. The van der Waals surface area contributed by atoms with E-state index in [-0.39, 0.29) is 17.9 Å². The van der Waals surface area contributed by atoms with Gasteiger partial charge >= 0.3 is 6.09 Å². The summed E-state index contributed by atoms with van der Waals surface area (Å²) in [5, 5.41) is 0. The number of hydrogen-bond donors (Lipinski definition) is 0. The van der Waals surface area contributed by atoms with E-state index in [0.29, 0.717) is 24.9 Å². The highest BCUT2D eigenvalue weighted by atomic mass is 16.6. The topological polar surface area (TPSA) is 62.2 Å². The van der Waals surface area contributed by atoms with E-state index in [1.807, 2.05) is 20.8 Å². The second-order valence-corrected chi connectivity index (χ2v) is 13.3. The number of benzene rings is 2. The molecule has 2 aromatic carbocycles. The van der Waals surface area contributed by atoms with Gasteiger partial charge in [0.1, 0.15) is 5.60 Å². The lowest BCUT2D eigenvalue weighted by Crippen LogP contribution is -2.48. The molecule has 0 aliphatic carbocycles. The highest BCUT2D eigenvalue weighted by Gasteiger charge is 2.34. The Morgan fingerprint density at radius 3 is 2.54 bits per heavy atom. The van der Waals surface area contributed by atoms with Crippen LogP contribution >= 0.6 is 0 Å². The first-order valence-electron chi connectivity index (χ1n) is 15.7. The number of carbonyl (C=O) groups is 2. The molecule has 2 amide bonds. The minimum Gasteiger partial charge on any atom is -0.444 e. The molecular weight excluding hydrogens is 510 g/mol. The Labute approximate surface area is 246 Å². The molecular formula is C35H47N3O3. The molecule has 2 aromatic rings. The van der Waals surface area contributed by atoms with Crippen molar-refractivity contribution in [1.29, 1.82) is 0 Å². The summed E-state index contributed by atoms with van der Waals surface area (Å²) in [6.45, 7) is 10.7. The van der Waals surface area contributed by atoms with Crippen molar-refractivity contribution in [3.63, 3.8) is 0 Å². The zero-order valence-electron chi connectivity index (χ0n) is 25.4. The van der Waals surface area contributed by atoms with Gasteiger partial charge in [-0.3, -0.25) is 9.79 Å². The molecule has 0 spiro atoms. The van der Waals surface area contributed by atoms with Gasteiger partial charge in [0.25, 0.3) is 0 Å². The third-order valence-corrected chi connectivity index (χ3v) is 8.90. The standard InChI is InChI=1S/C35H47N3O3/c1-25-16-17-31(36-32-15-6-5-14-30(25)32)28-12-7-10-27(23-28)22-26-11-8-19-37(21-18-26)33(39)29-13-9-20-38(24-29)34(40)41-35(2,3)4/h5-7,10,12,14-15,23,25-26,29H,8-9,11,13,16-22,24H2,1-4H3/t25?,26?,29-/m0/s1. The van der Waals surface area contributed by atoms with Gasteiger partial charge < -0.3 is 14.5 Å². The molecule has 3 aliphatic rings. The van der Waals surface area contributed by atoms with Crippen molar-refractivity contribution in [1.82, 2.24) is 9.80 Å². The van der Waals surface area contributed by atoms with Crippen LogP contribution < -0.4 is 0 Å². The van der Waals surface area contributed by atoms with Crippen LogP contribution in [0.25, 0.3) is 0 Å². The van der Waals surface area contributed by atoms with Crippen LogP contribution in [-0.2, 0) is 16.0 Å². The Kier molecular flexibility index (Phi) is 9.16. The number of carbonyl (C=O) groups excluding carboxylic acids is 2. The third-order valence-electron chi connectivity index (χ3n) is 8.90. The second-order valence-electron chi connectivity index (χ2n) is 13.3. The van der Waals surface area contributed by atoms with Crippen LogP contribution in [0.5, 0.6) is 0 Å². The fourth-order valence-corrected chi connectivity index (χ4v) is 6.66. The second kappa shape index (κ2) is 12.8. The van der Waals surface area contributed by atoms with Gasteiger partial charge in [0.15, 0.2) is 0 Å². The number of likely N-dealkylation sites (tertiary alicyclic amines) is 2. The van der Waals surface area contributed by atoms with Gasteiger partial charge in [0, 0.05) is 31.9 Å². The molecule has 0 saturated carbocycles. The van der Waals surface area contributed by atoms with E-state index in [2.05, 4.69) is 60.4 Å². The summed E-state index contributed by atoms with van der Waals surface area (Å²) in [7, 11) is 0. The summed E-state index contributed by atoms with van der Waals surface area (Å²) in [6.07, 6.45) is 7.71. The molecule has 6 nitrogen and oxygen atoms in total. The summed E-state index contributed by atoms with van der Waals surface area (Å²) < 4.78 is 5.57. The Bertz CT molecular complexity index is 1260. The number of aliphatic imine (C=N–C) groups is 1. The number of amides is 2. The van der Waals surface area contributed by atoms with Crippen LogP contribution in [0.15, 0.2) is 53.5 Å². The van der Waals surface area contributed by atoms with Crippen LogP contribution in [0.3, 0.4) is 0 Å². The lowest BCUT2D eigenvalue weighted by molar-refractivity contribution is -0.137. The van der Waals surface area contributed by atoms with E-state index in [0.717, 1.165) is 70.1 Å². The average Bonchev–Trinajstić information content (AvgIpc) is 3.29. The lowest BCUT2D eigenvalue weighted by atomic mass is 9.90. The van der Waals surface area contributed by atoms with Crippen molar-refractivity contribution in [2.75, 3.05) is 26.2 Å². The maximum absolute atomic E-state index is 13.5. The highest BCUT2D eigenvalue weighted by molar-refractivity contribution is 6.02. The molecule has 2 unspecified atom stereocenters. The largest absolute Gasteiger partial charge is 0.444 e. The number of fused-ring (bicyclic) bond motifs is 1. The van der Waals surface area contributed by atoms with Gasteiger partial charge in [-0.2, -0.15) is 0 Å². The monoisotopic (exact) mass is 557 g/mol. The van der Waals surface area contributed by atoms with Crippen molar-refractivity contribution in [2.45, 2.75) is 90.6 Å². The first kappa shape index (κ1) is 29.3. The van der Waals surface area contributed by atoms with E-state index in [9.17, 15) is 9.59 Å². The Balaban J connectivity index is 1.18. The average molecular weight is 558 g/mol.